The summed E-state index contributed by atoms with van der Waals surface area (Å²) in [5.74, 6) is 0.520. The number of anilines is 1. The van der Waals surface area contributed by atoms with Gasteiger partial charge in [-0.2, -0.15) is 0 Å². The molecule has 1 saturated heterocycles. The summed E-state index contributed by atoms with van der Waals surface area (Å²) in [4.78, 5) is 38.7. The minimum Gasteiger partial charge on any atom is -0.495 e. The number of imide groups is 1. The van der Waals surface area contributed by atoms with Crippen LogP contribution in [0.25, 0.3) is 6.08 Å². The number of hydrogen-bond acceptors (Lipinski definition) is 7. The van der Waals surface area contributed by atoms with Gasteiger partial charge in [-0.1, -0.05) is 11.6 Å². The average molecular weight is 603 g/mol. The summed E-state index contributed by atoms with van der Waals surface area (Å²) in [7, 11) is 3.01. The van der Waals surface area contributed by atoms with Gasteiger partial charge in [-0.05, 0) is 83.2 Å². The van der Waals surface area contributed by atoms with Gasteiger partial charge in [-0.15, -0.1) is 0 Å². The smallest absolute Gasteiger partial charge is 0.294 e. The molecule has 1 aliphatic heterocycles. The van der Waals surface area contributed by atoms with Crippen LogP contribution in [0.1, 0.15) is 12.5 Å². The normalized spacial score (nSPS) is 14.6. The quantitative estimate of drug-likeness (QED) is 0.334. The predicted octanol–water partition coefficient (Wildman–Crippen LogP) is 5.04. The highest BCUT2D eigenvalue weighted by molar-refractivity contribution is 14.1. The van der Waals surface area contributed by atoms with Crippen molar-refractivity contribution in [2.75, 3.05) is 32.7 Å². The Morgan fingerprint density at radius 2 is 1.91 bits per heavy atom. The first-order chi connectivity index (χ1) is 15.8. The number of carbonyl (C=O) groups excluding carboxylic acids is 3. The first-order valence-corrected chi connectivity index (χ1v) is 11.9. The molecule has 3 amide bonds. The van der Waals surface area contributed by atoms with E-state index in [4.69, 9.17) is 25.8 Å². The van der Waals surface area contributed by atoms with Gasteiger partial charge in [-0.25, -0.2) is 0 Å². The second kappa shape index (κ2) is 11.1. The molecular formula is C22H20ClIN2O6S. The van der Waals surface area contributed by atoms with E-state index >= 15 is 0 Å². The molecule has 33 heavy (non-hydrogen) atoms. The zero-order chi connectivity index (χ0) is 24.1. The fourth-order valence-electron chi connectivity index (χ4n) is 2.98. The Labute approximate surface area is 213 Å². The SMILES string of the molecule is CCOc1c(I)cc(/C=C2/SC(=O)N(CC(=O)Nc3ccc(OC)c(Cl)c3)C2=O)cc1OC. The Morgan fingerprint density at radius 3 is 2.55 bits per heavy atom. The Bertz CT molecular complexity index is 1140. The first kappa shape index (κ1) is 25.2. The standard InChI is InChI=1S/C22H20ClIN2O6S/c1-4-32-20-15(24)7-12(8-17(20)31-3)9-18-21(28)26(22(29)33-18)11-19(27)25-13-5-6-16(30-2)14(23)10-13/h5-10H,4,11H2,1-3H3,(H,25,27)/b18-9+. The van der Waals surface area contributed by atoms with Crippen LogP contribution in [-0.4, -0.2) is 49.3 Å². The minimum atomic E-state index is -0.546. The van der Waals surface area contributed by atoms with Gasteiger partial charge in [0.25, 0.3) is 11.1 Å². The van der Waals surface area contributed by atoms with Gasteiger partial charge in [0.15, 0.2) is 11.5 Å². The number of halogens is 2. The summed E-state index contributed by atoms with van der Waals surface area (Å²) >= 11 is 8.95. The molecule has 8 nitrogen and oxygen atoms in total. The van der Waals surface area contributed by atoms with Crippen molar-refractivity contribution in [3.05, 3.63) is 49.4 Å². The molecule has 0 radical (unpaired) electrons. The molecule has 2 aromatic rings. The Hall–Kier alpha value is -2.44. The molecule has 0 atom stereocenters. The van der Waals surface area contributed by atoms with Crippen LogP contribution in [-0.2, 0) is 9.59 Å². The van der Waals surface area contributed by atoms with E-state index in [-0.39, 0.29) is 4.91 Å². The maximum atomic E-state index is 12.8. The van der Waals surface area contributed by atoms with Crippen molar-refractivity contribution in [3.8, 4) is 17.2 Å². The zero-order valence-corrected chi connectivity index (χ0v) is 21.7. The van der Waals surface area contributed by atoms with E-state index in [9.17, 15) is 14.4 Å². The highest BCUT2D eigenvalue weighted by Gasteiger charge is 2.36. The molecule has 1 aliphatic rings. The lowest BCUT2D eigenvalue weighted by atomic mass is 10.2. The van der Waals surface area contributed by atoms with Crippen LogP contribution in [0.4, 0.5) is 10.5 Å². The number of methoxy groups -OCH3 is 2. The van der Waals surface area contributed by atoms with Crippen molar-refractivity contribution in [2.45, 2.75) is 6.92 Å². The van der Waals surface area contributed by atoms with Crippen molar-refractivity contribution < 1.29 is 28.6 Å². The second-order valence-electron chi connectivity index (χ2n) is 6.63. The summed E-state index contributed by atoms with van der Waals surface area (Å²) in [5.41, 5.74) is 1.09. The molecule has 0 saturated carbocycles. The van der Waals surface area contributed by atoms with Crippen molar-refractivity contribution in [1.82, 2.24) is 4.90 Å². The van der Waals surface area contributed by atoms with E-state index in [1.807, 2.05) is 13.0 Å². The minimum absolute atomic E-state index is 0.210. The molecule has 0 spiro atoms. The fourth-order valence-corrected chi connectivity index (χ4v) is 4.86. The lowest BCUT2D eigenvalue weighted by Gasteiger charge is -2.13. The first-order valence-electron chi connectivity index (χ1n) is 9.66. The van der Waals surface area contributed by atoms with Crippen molar-refractivity contribution >= 4 is 74.8 Å². The van der Waals surface area contributed by atoms with E-state index in [0.717, 1.165) is 20.2 Å². The van der Waals surface area contributed by atoms with Crippen LogP contribution < -0.4 is 19.5 Å². The molecular weight excluding hydrogens is 583 g/mol. The lowest BCUT2D eigenvalue weighted by Crippen LogP contribution is -2.36. The molecule has 2 aromatic carbocycles. The summed E-state index contributed by atoms with van der Waals surface area (Å²) in [6.07, 6.45) is 1.59. The molecule has 3 rings (SSSR count). The largest absolute Gasteiger partial charge is 0.495 e. The molecule has 0 aromatic heterocycles. The van der Waals surface area contributed by atoms with Gasteiger partial charge < -0.3 is 19.5 Å². The molecule has 1 N–H and O–H groups in total. The van der Waals surface area contributed by atoms with Gasteiger partial charge in [0, 0.05) is 5.69 Å². The highest BCUT2D eigenvalue weighted by Crippen LogP contribution is 2.37. The van der Waals surface area contributed by atoms with Crippen LogP contribution in [0.3, 0.4) is 0 Å². The Morgan fingerprint density at radius 1 is 1.18 bits per heavy atom. The number of nitrogens with zero attached hydrogens (tertiary/aromatic N) is 1. The van der Waals surface area contributed by atoms with Crippen LogP contribution >= 0.6 is 46.0 Å². The van der Waals surface area contributed by atoms with E-state index in [1.165, 1.54) is 20.3 Å². The lowest BCUT2D eigenvalue weighted by molar-refractivity contribution is -0.127. The van der Waals surface area contributed by atoms with Crippen LogP contribution in [0, 0.1) is 3.57 Å². The summed E-state index contributed by atoms with van der Waals surface area (Å²) in [6.45, 7) is 1.93. The third kappa shape index (κ3) is 5.92. The number of amides is 3. The Kier molecular flexibility index (Phi) is 8.49. The van der Waals surface area contributed by atoms with E-state index in [0.29, 0.717) is 40.1 Å². The van der Waals surface area contributed by atoms with Gasteiger partial charge in [0.1, 0.15) is 12.3 Å². The monoisotopic (exact) mass is 602 g/mol. The molecule has 0 bridgehead atoms. The van der Waals surface area contributed by atoms with Gasteiger partial charge >= 0.3 is 0 Å². The van der Waals surface area contributed by atoms with Gasteiger partial charge in [0.2, 0.25) is 5.91 Å². The summed E-state index contributed by atoms with van der Waals surface area (Å²) in [6, 6.07) is 8.28. The van der Waals surface area contributed by atoms with Crippen LogP contribution in [0.2, 0.25) is 5.02 Å². The maximum Gasteiger partial charge on any atom is 0.294 e. The number of benzene rings is 2. The van der Waals surface area contributed by atoms with Crippen molar-refractivity contribution in [2.24, 2.45) is 0 Å². The van der Waals surface area contributed by atoms with Crippen LogP contribution in [0.5, 0.6) is 17.2 Å². The van der Waals surface area contributed by atoms with E-state index < -0.39 is 23.6 Å². The van der Waals surface area contributed by atoms with Gasteiger partial charge in [0.05, 0.1) is 34.3 Å². The van der Waals surface area contributed by atoms with Crippen molar-refractivity contribution in [3.63, 3.8) is 0 Å². The Balaban J connectivity index is 1.74. The summed E-state index contributed by atoms with van der Waals surface area (Å²) < 4.78 is 16.9. The molecule has 0 unspecified atom stereocenters. The number of rotatable bonds is 8. The topological polar surface area (TPSA) is 94.2 Å². The third-order valence-corrected chi connectivity index (χ3v) is 6.45. The predicted molar refractivity (Wildman–Crippen MR) is 136 cm³/mol. The second-order valence-corrected chi connectivity index (χ2v) is 9.20. The third-order valence-electron chi connectivity index (χ3n) is 4.45. The number of thioether (sulfide) groups is 1. The number of nitrogens with one attached hydrogen (secondary N) is 1. The van der Waals surface area contributed by atoms with Crippen LogP contribution in [0.15, 0.2) is 35.2 Å². The highest BCUT2D eigenvalue weighted by atomic mass is 127. The maximum absolute atomic E-state index is 12.8. The zero-order valence-electron chi connectivity index (χ0n) is 17.9. The number of hydrogen-bond donors (Lipinski definition) is 1. The molecule has 11 heteroatoms. The molecule has 1 heterocycles. The number of ether oxygens (including phenoxy) is 3. The average Bonchev–Trinajstić information content (AvgIpc) is 3.02. The molecule has 174 valence electrons. The van der Waals surface area contributed by atoms with Gasteiger partial charge in [-0.3, -0.25) is 19.3 Å². The number of carbonyl (C=O) groups is 3. The van der Waals surface area contributed by atoms with E-state index in [2.05, 4.69) is 27.9 Å². The summed E-state index contributed by atoms with van der Waals surface area (Å²) in [5, 5.41) is 2.42. The molecule has 0 aliphatic carbocycles. The fraction of sp³-hybridized carbons (Fsp3) is 0.227. The van der Waals surface area contributed by atoms with Crippen molar-refractivity contribution in [1.29, 1.82) is 0 Å². The molecule has 1 fully saturated rings. The van der Waals surface area contributed by atoms with E-state index in [1.54, 1.807) is 24.3 Å².